The lowest BCUT2D eigenvalue weighted by Crippen LogP contribution is -2.45. The van der Waals surface area contributed by atoms with Crippen LogP contribution < -0.4 is 20.9 Å². The van der Waals surface area contributed by atoms with Crippen LogP contribution in [0.1, 0.15) is 12.5 Å². The van der Waals surface area contributed by atoms with Crippen molar-refractivity contribution in [2.24, 2.45) is 5.92 Å². The van der Waals surface area contributed by atoms with Crippen LogP contribution in [-0.2, 0) is 21.2 Å². The van der Waals surface area contributed by atoms with Gasteiger partial charge in [0.1, 0.15) is 0 Å². The Bertz CT molecular complexity index is 854. The van der Waals surface area contributed by atoms with Crippen molar-refractivity contribution >= 4 is 27.3 Å². The molecule has 0 bridgehead atoms. The molecule has 1 saturated heterocycles. The van der Waals surface area contributed by atoms with Crippen LogP contribution >= 0.6 is 0 Å². The van der Waals surface area contributed by atoms with E-state index in [1.54, 1.807) is 30.3 Å². The third kappa shape index (κ3) is 4.21. The van der Waals surface area contributed by atoms with E-state index in [4.69, 9.17) is 0 Å². The molecule has 26 heavy (non-hydrogen) atoms. The Morgan fingerprint density at radius 1 is 1.08 bits per heavy atom. The zero-order chi connectivity index (χ0) is 18.6. The standard InChI is InChI=1S/C18H22N4O3S/c1-2-13-8-10-14(11-9-13)20-17(23)16-12-19-21-18(16)26(24,25)22-15-6-4-3-5-7-15/h3-11,16,18-19,21-22H,2,12H2,1H3,(H,20,23). The minimum Gasteiger partial charge on any atom is -0.326 e. The lowest BCUT2D eigenvalue weighted by atomic mass is 10.1. The third-order valence-electron chi connectivity index (χ3n) is 4.27. The molecule has 138 valence electrons. The Morgan fingerprint density at radius 3 is 2.42 bits per heavy atom. The Labute approximate surface area is 153 Å². The normalized spacial score (nSPS) is 19.9. The molecule has 1 fully saturated rings. The number of hydrogen-bond acceptors (Lipinski definition) is 5. The monoisotopic (exact) mass is 374 g/mol. The predicted octanol–water partition coefficient (Wildman–Crippen LogP) is 1.68. The molecule has 0 saturated carbocycles. The fourth-order valence-electron chi connectivity index (χ4n) is 2.79. The average molecular weight is 374 g/mol. The molecule has 0 radical (unpaired) electrons. The van der Waals surface area contributed by atoms with Crippen molar-refractivity contribution in [3.05, 3.63) is 60.2 Å². The van der Waals surface area contributed by atoms with E-state index in [2.05, 4.69) is 27.8 Å². The number of aryl methyl sites for hydroxylation is 1. The number of nitrogens with one attached hydrogen (secondary N) is 4. The minimum atomic E-state index is -3.79. The highest BCUT2D eigenvalue weighted by atomic mass is 32.2. The predicted molar refractivity (Wildman–Crippen MR) is 102 cm³/mol. The number of amides is 1. The second kappa shape index (κ2) is 7.86. The van der Waals surface area contributed by atoms with Crippen LogP contribution in [-0.4, -0.2) is 26.2 Å². The van der Waals surface area contributed by atoms with Gasteiger partial charge in [0.2, 0.25) is 5.91 Å². The summed E-state index contributed by atoms with van der Waals surface area (Å²) in [5.74, 6) is -1.11. The van der Waals surface area contributed by atoms with E-state index < -0.39 is 21.3 Å². The van der Waals surface area contributed by atoms with Crippen LogP contribution in [0.2, 0.25) is 0 Å². The molecule has 0 spiro atoms. The molecule has 1 amide bonds. The minimum absolute atomic E-state index is 0.221. The van der Waals surface area contributed by atoms with Gasteiger partial charge in [0, 0.05) is 17.9 Å². The first-order valence-electron chi connectivity index (χ1n) is 8.44. The molecule has 0 aliphatic carbocycles. The van der Waals surface area contributed by atoms with Crippen molar-refractivity contribution in [1.29, 1.82) is 0 Å². The summed E-state index contributed by atoms with van der Waals surface area (Å²) in [5.41, 5.74) is 7.73. The molecule has 2 aromatic rings. The SMILES string of the molecule is CCc1ccc(NC(=O)C2CNNC2S(=O)(=O)Nc2ccccc2)cc1. The largest absolute Gasteiger partial charge is 0.326 e. The van der Waals surface area contributed by atoms with Gasteiger partial charge in [-0.25, -0.2) is 13.8 Å². The quantitative estimate of drug-likeness (QED) is 0.617. The van der Waals surface area contributed by atoms with E-state index in [9.17, 15) is 13.2 Å². The van der Waals surface area contributed by atoms with Crippen LogP contribution in [0.25, 0.3) is 0 Å². The number of anilines is 2. The molecule has 2 unspecified atom stereocenters. The summed E-state index contributed by atoms with van der Waals surface area (Å²) in [5, 5.41) is 1.72. The Morgan fingerprint density at radius 2 is 1.77 bits per heavy atom. The molecule has 3 rings (SSSR count). The van der Waals surface area contributed by atoms with Gasteiger partial charge in [-0.1, -0.05) is 37.3 Å². The van der Waals surface area contributed by atoms with Crippen molar-refractivity contribution in [3.63, 3.8) is 0 Å². The second-order valence-electron chi connectivity index (χ2n) is 6.11. The number of para-hydroxylation sites is 1. The zero-order valence-corrected chi connectivity index (χ0v) is 15.2. The van der Waals surface area contributed by atoms with E-state index >= 15 is 0 Å². The van der Waals surface area contributed by atoms with Crippen LogP contribution in [0, 0.1) is 5.92 Å². The highest BCUT2D eigenvalue weighted by molar-refractivity contribution is 7.93. The molecule has 4 N–H and O–H groups in total. The maximum atomic E-state index is 12.7. The van der Waals surface area contributed by atoms with Gasteiger partial charge < -0.3 is 5.32 Å². The van der Waals surface area contributed by atoms with Crippen molar-refractivity contribution in [2.45, 2.75) is 18.7 Å². The first-order valence-corrected chi connectivity index (χ1v) is 9.99. The fourth-order valence-corrected chi connectivity index (χ4v) is 4.28. The van der Waals surface area contributed by atoms with E-state index in [-0.39, 0.29) is 12.5 Å². The molecule has 8 heteroatoms. The average Bonchev–Trinajstić information content (AvgIpc) is 3.14. The summed E-state index contributed by atoms with van der Waals surface area (Å²) < 4.78 is 27.8. The van der Waals surface area contributed by atoms with Crippen LogP contribution in [0.15, 0.2) is 54.6 Å². The summed E-state index contributed by atoms with van der Waals surface area (Å²) in [6.45, 7) is 2.28. The highest BCUT2D eigenvalue weighted by Crippen LogP contribution is 2.20. The van der Waals surface area contributed by atoms with Gasteiger partial charge in [-0.3, -0.25) is 14.9 Å². The van der Waals surface area contributed by atoms with Gasteiger partial charge in [0.05, 0.1) is 5.92 Å². The molecule has 7 nitrogen and oxygen atoms in total. The smallest absolute Gasteiger partial charge is 0.250 e. The Hall–Kier alpha value is -2.42. The van der Waals surface area contributed by atoms with Crippen LogP contribution in [0.4, 0.5) is 11.4 Å². The van der Waals surface area contributed by atoms with E-state index in [1.807, 2.05) is 24.3 Å². The number of benzene rings is 2. The first kappa shape index (κ1) is 18.4. The molecule has 1 aliphatic heterocycles. The molecule has 1 heterocycles. The molecule has 0 aromatic heterocycles. The number of carbonyl (C=O) groups excluding carboxylic acids is 1. The lowest BCUT2D eigenvalue weighted by molar-refractivity contribution is -0.119. The van der Waals surface area contributed by atoms with Gasteiger partial charge in [-0.15, -0.1) is 0 Å². The van der Waals surface area contributed by atoms with Crippen molar-refractivity contribution in [1.82, 2.24) is 10.9 Å². The van der Waals surface area contributed by atoms with Crippen molar-refractivity contribution in [2.75, 3.05) is 16.6 Å². The van der Waals surface area contributed by atoms with Crippen LogP contribution in [0.5, 0.6) is 0 Å². The van der Waals surface area contributed by atoms with Crippen LogP contribution in [0.3, 0.4) is 0 Å². The summed E-state index contributed by atoms with van der Waals surface area (Å²) in [6.07, 6.45) is 0.913. The lowest BCUT2D eigenvalue weighted by Gasteiger charge is -2.19. The van der Waals surface area contributed by atoms with Gasteiger partial charge in [0.25, 0.3) is 10.0 Å². The number of sulfonamides is 1. The molecular weight excluding hydrogens is 352 g/mol. The number of hydrogen-bond donors (Lipinski definition) is 4. The fraction of sp³-hybridized carbons (Fsp3) is 0.278. The number of carbonyl (C=O) groups is 1. The number of hydrazine groups is 1. The van der Waals surface area contributed by atoms with Crippen molar-refractivity contribution < 1.29 is 13.2 Å². The van der Waals surface area contributed by atoms with Gasteiger partial charge in [-0.05, 0) is 36.2 Å². The molecular formula is C18H22N4O3S. The Balaban J connectivity index is 1.71. The van der Waals surface area contributed by atoms with E-state index in [0.717, 1.165) is 6.42 Å². The Kier molecular flexibility index (Phi) is 5.55. The third-order valence-corrected chi connectivity index (χ3v) is 5.90. The maximum Gasteiger partial charge on any atom is 0.250 e. The molecule has 1 aliphatic rings. The summed E-state index contributed by atoms with van der Waals surface area (Å²) in [6, 6.07) is 16.1. The summed E-state index contributed by atoms with van der Waals surface area (Å²) in [7, 11) is -3.79. The number of rotatable bonds is 6. The second-order valence-corrected chi connectivity index (χ2v) is 7.91. The first-order chi connectivity index (χ1) is 12.5. The van der Waals surface area contributed by atoms with Crippen molar-refractivity contribution in [3.8, 4) is 0 Å². The van der Waals surface area contributed by atoms with Gasteiger partial charge >= 0.3 is 0 Å². The van der Waals surface area contributed by atoms with E-state index in [0.29, 0.717) is 11.4 Å². The topological polar surface area (TPSA) is 99.3 Å². The highest BCUT2D eigenvalue weighted by Gasteiger charge is 2.41. The maximum absolute atomic E-state index is 12.7. The van der Waals surface area contributed by atoms with Gasteiger partial charge in [0.15, 0.2) is 5.37 Å². The summed E-state index contributed by atoms with van der Waals surface area (Å²) >= 11 is 0. The van der Waals surface area contributed by atoms with E-state index in [1.165, 1.54) is 5.56 Å². The zero-order valence-electron chi connectivity index (χ0n) is 14.4. The van der Waals surface area contributed by atoms with Gasteiger partial charge in [-0.2, -0.15) is 0 Å². The molecule has 2 atom stereocenters. The summed E-state index contributed by atoms with van der Waals surface area (Å²) in [4.78, 5) is 12.6. The molecule has 2 aromatic carbocycles.